The first kappa shape index (κ1) is 11.9. The van der Waals surface area contributed by atoms with Crippen molar-refractivity contribution in [2.24, 2.45) is 0 Å². The van der Waals surface area contributed by atoms with Crippen molar-refractivity contribution in [3.05, 3.63) is 42.1 Å². The van der Waals surface area contributed by atoms with Crippen molar-refractivity contribution in [1.82, 2.24) is 9.97 Å². The Balaban J connectivity index is 2.24. The predicted molar refractivity (Wildman–Crippen MR) is 69.5 cm³/mol. The average molecular weight is 247 g/mol. The highest BCUT2D eigenvalue weighted by Crippen LogP contribution is 2.20. The third-order valence-electron chi connectivity index (χ3n) is 2.27. The molecule has 2 aromatic rings. The standard InChI is InChI=1S/C12H13N3OS/c1-17-12-13-7-6-11(15-12)14-10-5-3-2-4-9(10)8-16/h2-7,16H,8H2,1H3,(H,13,14,15). The molecule has 1 aromatic heterocycles. The summed E-state index contributed by atoms with van der Waals surface area (Å²) in [6, 6.07) is 9.39. The lowest BCUT2D eigenvalue weighted by Crippen LogP contribution is -1.99. The fourth-order valence-corrected chi connectivity index (χ4v) is 1.78. The molecule has 4 nitrogen and oxygen atoms in total. The van der Waals surface area contributed by atoms with Crippen molar-refractivity contribution < 1.29 is 5.11 Å². The number of thioether (sulfide) groups is 1. The highest BCUT2D eigenvalue weighted by molar-refractivity contribution is 7.98. The van der Waals surface area contributed by atoms with Gasteiger partial charge in [0.05, 0.1) is 6.61 Å². The maximum atomic E-state index is 9.22. The topological polar surface area (TPSA) is 58.0 Å². The maximum Gasteiger partial charge on any atom is 0.189 e. The van der Waals surface area contributed by atoms with Gasteiger partial charge in [-0.05, 0) is 18.4 Å². The van der Waals surface area contributed by atoms with Crippen molar-refractivity contribution in [3.8, 4) is 0 Å². The minimum absolute atomic E-state index is 0.00361. The van der Waals surface area contributed by atoms with Crippen LogP contribution in [0.2, 0.25) is 0 Å². The van der Waals surface area contributed by atoms with Crippen molar-refractivity contribution >= 4 is 23.3 Å². The Hall–Kier alpha value is -1.59. The Bertz CT molecular complexity index is 505. The van der Waals surface area contributed by atoms with Crippen LogP contribution in [0.5, 0.6) is 0 Å². The van der Waals surface area contributed by atoms with Gasteiger partial charge in [-0.2, -0.15) is 0 Å². The van der Waals surface area contributed by atoms with Gasteiger partial charge in [-0.25, -0.2) is 9.97 Å². The number of para-hydroxylation sites is 1. The van der Waals surface area contributed by atoms with Crippen LogP contribution in [0.25, 0.3) is 0 Å². The Morgan fingerprint density at radius 2 is 2.12 bits per heavy atom. The number of nitrogens with zero attached hydrogens (tertiary/aromatic N) is 2. The zero-order valence-corrected chi connectivity index (χ0v) is 10.2. The van der Waals surface area contributed by atoms with Gasteiger partial charge in [-0.1, -0.05) is 30.0 Å². The van der Waals surface area contributed by atoms with Crippen molar-refractivity contribution in [2.75, 3.05) is 11.6 Å². The number of nitrogens with one attached hydrogen (secondary N) is 1. The van der Waals surface area contributed by atoms with Crippen LogP contribution in [0.1, 0.15) is 5.56 Å². The molecule has 2 N–H and O–H groups in total. The summed E-state index contributed by atoms with van der Waals surface area (Å²) in [4.78, 5) is 8.43. The van der Waals surface area contributed by atoms with Gasteiger partial charge >= 0.3 is 0 Å². The number of hydrogen-bond donors (Lipinski definition) is 2. The first-order chi connectivity index (χ1) is 8.33. The van der Waals surface area contributed by atoms with Crippen LogP contribution in [-0.4, -0.2) is 21.3 Å². The fraction of sp³-hybridized carbons (Fsp3) is 0.167. The van der Waals surface area contributed by atoms with Crippen molar-refractivity contribution in [1.29, 1.82) is 0 Å². The van der Waals surface area contributed by atoms with E-state index in [1.807, 2.05) is 30.5 Å². The number of benzene rings is 1. The van der Waals surface area contributed by atoms with E-state index in [1.165, 1.54) is 11.8 Å². The fourth-order valence-electron chi connectivity index (χ4n) is 1.43. The number of aromatic nitrogens is 2. The Morgan fingerprint density at radius 3 is 2.88 bits per heavy atom. The largest absolute Gasteiger partial charge is 0.392 e. The van der Waals surface area contributed by atoms with Crippen molar-refractivity contribution in [2.45, 2.75) is 11.8 Å². The SMILES string of the molecule is CSc1nccc(Nc2ccccc2CO)n1. The third kappa shape index (κ3) is 2.95. The zero-order chi connectivity index (χ0) is 12.1. The molecule has 1 heterocycles. The second-order valence-corrected chi connectivity index (χ2v) is 4.14. The molecular formula is C12H13N3OS. The first-order valence-electron chi connectivity index (χ1n) is 5.16. The Labute approximate surface area is 104 Å². The molecule has 88 valence electrons. The summed E-state index contributed by atoms with van der Waals surface area (Å²) in [5.74, 6) is 0.727. The quantitative estimate of drug-likeness (QED) is 0.642. The van der Waals surface area contributed by atoms with Crippen LogP contribution in [0, 0.1) is 0 Å². The maximum absolute atomic E-state index is 9.22. The summed E-state index contributed by atoms with van der Waals surface area (Å²) in [7, 11) is 0. The van der Waals surface area contributed by atoms with E-state index in [1.54, 1.807) is 12.3 Å². The number of aliphatic hydroxyl groups excluding tert-OH is 1. The molecule has 0 unspecified atom stereocenters. The van der Waals surface area contributed by atoms with Crippen molar-refractivity contribution in [3.63, 3.8) is 0 Å². The van der Waals surface area contributed by atoms with Gasteiger partial charge in [0, 0.05) is 17.4 Å². The van der Waals surface area contributed by atoms with E-state index >= 15 is 0 Å². The molecule has 0 aliphatic heterocycles. The molecule has 0 aliphatic carbocycles. The lowest BCUT2D eigenvalue weighted by molar-refractivity contribution is 0.282. The molecule has 0 radical (unpaired) electrons. The molecule has 0 atom stereocenters. The molecule has 0 bridgehead atoms. The molecule has 0 saturated carbocycles. The van der Waals surface area contributed by atoms with E-state index < -0.39 is 0 Å². The number of rotatable bonds is 4. The summed E-state index contributed by atoms with van der Waals surface area (Å²) >= 11 is 1.49. The summed E-state index contributed by atoms with van der Waals surface area (Å²) in [5.41, 5.74) is 1.71. The second-order valence-electron chi connectivity index (χ2n) is 3.37. The average Bonchev–Trinajstić information content (AvgIpc) is 2.39. The monoisotopic (exact) mass is 247 g/mol. The van der Waals surface area contributed by atoms with Gasteiger partial charge in [0.25, 0.3) is 0 Å². The summed E-state index contributed by atoms with van der Waals surface area (Å²) in [5, 5.41) is 13.1. The predicted octanol–water partition coefficient (Wildman–Crippen LogP) is 2.43. The molecule has 0 aliphatic rings. The molecule has 0 saturated heterocycles. The van der Waals surface area contributed by atoms with E-state index in [0.717, 1.165) is 22.2 Å². The molecule has 2 rings (SSSR count). The normalized spacial score (nSPS) is 10.2. The van der Waals surface area contributed by atoms with Gasteiger partial charge < -0.3 is 10.4 Å². The zero-order valence-electron chi connectivity index (χ0n) is 9.42. The Morgan fingerprint density at radius 1 is 1.29 bits per heavy atom. The molecule has 1 aromatic carbocycles. The molecule has 5 heteroatoms. The van der Waals surface area contributed by atoms with Gasteiger partial charge in [-0.3, -0.25) is 0 Å². The van der Waals surface area contributed by atoms with Gasteiger partial charge in [-0.15, -0.1) is 0 Å². The molecular weight excluding hydrogens is 234 g/mol. The van der Waals surface area contributed by atoms with Gasteiger partial charge in [0.15, 0.2) is 5.16 Å². The Kier molecular flexibility index (Phi) is 3.95. The summed E-state index contributed by atoms with van der Waals surface area (Å²) in [6.45, 7) is 0.00361. The van der Waals surface area contributed by atoms with Crippen LogP contribution >= 0.6 is 11.8 Å². The van der Waals surface area contributed by atoms with E-state index in [4.69, 9.17) is 0 Å². The van der Waals surface area contributed by atoms with Gasteiger partial charge in [0.2, 0.25) is 0 Å². The number of aliphatic hydroxyl groups is 1. The van der Waals surface area contributed by atoms with Crippen LogP contribution in [-0.2, 0) is 6.61 Å². The molecule has 17 heavy (non-hydrogen) atoms. The molecule has 0 spiro atoms. The second kappa shape index (κ2) is 5.65. The highest BCUT2D eigenvalue weighted by atomic mass is 32.2. The van der Waals surface area contributed by atoms with Crippen LogP contribution in [0.4, 0.5) is 11.5 Å². The molecule has 0 amide bonds. The first-order valence-corrected chi connectivity index (χ1v) is 6.39. The third-order valence-corrected chi connectivity index (χ3v) is 2.83. The van der Waals surface area contributed by atoms with Crippen LogP contribution in [0.15, 0.2) is 41.7 Å². The van der Waals surface area contributed by atoms with E-state index in [0.29, 0.717) is 0 Å². The lowest BCUT2D eigenvalue weighted by atomic mass is 10.2. The van der Waals surface area contributed by atoms with E-state index in [2.05, 4.69) is 15.3 Å². The van der Waals surface area contributed by atoms with Crippen LogP contribution in [0.3, 0.4) is 0 Å². The molecule has 0 fully saturated rings. The minimum Gasteiger partial charge on any atom is -0.392 e. The summed E-state index contributed by atoms with van der Waals surface area (Å²) < 4.78 is 0. The van der Waals surface area contributed by atoms with Gasteiger partial charge in [0.1, 0.15) is 5.82 Å². The van der Waals surface area contributed by atoms with Crippen LogP contribution < -0.4 is 5.32 Å². The minimum atomic E-state index is 0.00361. The number of hydrogen-bond acceptors (Lipinski definition) is 5. The summed E-state index contributed by atoms with van der Waals surface area (Å²) in [6.07, 6.45) is 3.64. The van der Waals surface area contributed by atoms with E-state index in [9.17, 15) is 5.11 Å². The van der Waals surface area contributed by atoms with E-state index in [-0.39, 0.29) is 6.61 Å². The smallest absolute Gasteiger partial charge is 0.189 e. The number of anilines is 2. The lowest BCUT2D eigenvalue weighted by Gasteiger charge is -2.09. The highest BCUT2D eigenvalue weighted by Gasteiger charge is 2.02.